The van der Waals surface area contributed by atoms with Gasteiger partial charge in [-0.05, 0) is 53.9 Å². The molecule has 4 aromatic rings. The molecule has 3 N–H and O–H groups in total. The van der Waals surface area contributed by atoms with Crippen molar-refractivity contribution < 1.29 is 14.4 Å². The van der Waals surface area contributed by atoms with Gasteiger partial charge in [0.05, 0.1) is 27.5 Å². The molecule has 5 rings (SSSR count). The molecule has 39 heavy (non-hydrogen) atoms. The van der Waals surface area contributed by atoms with Crippen LogP contribution < -0.4 is 16.0 Å². The zero-order valence-electron chi connectivity index (χ0n) is 21.4. The molecule has 0 bridgehead atoms. The second kappa shape index (κ2) is 13.3. The second-order valence-electron chi connectivity index (χ2n) is 9.50. The average Bonchev–Trinajstić information content (AvgIpc) is 3.35. The molecule has 1 heterocycles. The highest BCUT2D eigenvalue weighted by Crippen LogP contribution is 2.31. The van der Waals surface area contributed by atoms with Gasteiger partial charge in [0, 0.05) is 17.4 Å². The zero-order valence-corrected chi connectivity index (χ0v) is 23.9. The number of nitrogens with one attached hydrogen (secondary N) is 3. The monoisotopic (exact) mass is 578 g/mol. The number of rotatable bonds is 10. The molecule has 3 amide bonds. The molecule has 3 aromatic carbocycles. The number of hydrogen-bond acceptors (Lipinski definition) is 7. The number of fused-ring (bicyclic) bond motifs is 2. The van der Waals surface area contributed by atoms with Gasteiger partial charge in [-0.3, -0.25) is 14.4 Å². The summed E-state index contributed by atoms with van der Waals surface area (Å²) in [4.78, 5) is 41.7. The number of amides is 3. The quantitative estimate of drug-likeness (QED) is 0.191. The Morgan fingerprint density at radius 3 is 2.26 bits per heavy atom. The molecule has 202 valence electrons. The van der Waals surface area contributed by atoms with Crippen molar-refractivity contribution in [1.82, 2.24) is 10.3 Å². The third-order valence-electron chi connectivity index (χ3n) is 6.45. The minimum Gasteiger partial charge on any atom is -0.353 e. The van der Waals surface area contributed by atoms with E-state index in [2.05, 4.69) is 20.9 Å². The first-order valence-corrected chi connectivity index (χ1v) is 16.0. The molecular formula is C29H30N4O3S3. The number of thioether (sulfide) groups is 2. The number of nitrogens with zero attached hydrogens (tertiary/aromatic N) is 1. The lowest BCUT2D eigenvalue weighted by Gasteiger charge is -2.22. The van der Waals surface area contributed by atoms with Crippen LogP contribution in [0.4, 0.5) is 11.4 Å². The number of carbonyl (C=O) groups excluding carboxylic acids is 3. The molecule has 1 aromatic heterocycles. The van der Waals surface area contributed by atoms with Crippen molar-refractivity contribution in [2.45, 2.75) is 42.5 Å². The largest absolute Gasteiger partial charge is 0.353 e. The minimum atomic E-state index is -0.170. The summed E-state index contributed by atoms with van der Waals surface area (Å²) in [6.45, 7) is 0. The molecule has 7 nitrogen and oxygen atoms in total. The summed E-state index contributed by atoms with van der Waals surface area (Å²) in [5.74, 6) is 0.447. The van der Waals surface area contributed by atoms with Gasteiger partial charge in [0.25, 0.3) is 0 Å². The standard InChI is InChI=1S/C29H30N4O3S3/c34-26(31-22-11-10-19-6-4-5-7-20(19)14-22)16-37-17-27(35)32-23-12-13-24-25(15-23)39-29(33-24)38-18-28(36)30-21-8-2-1-3-9-21/h4-7,10-15,21H,1-3,8-9,16-18H2,(H,30,36)(H,31,34)(H,32,35). The number of carbonyl (C=O) groups is 3. The van der Waals surface area contributed by atoms with Crippen LogP contribution in [-0.2, 0) is 14.4 Å². The Labute approximate surface area is 239 Å². The van der Waals surface area contributed by atoms with Crippen LogP contribution in [0.5, 0.6) is 0 Å². The Bertz CT molecular complexity index is 1480. The van der Waals surface area contributed by atoms with Gasteiger partial charge in [-0.15, -0.1) is 23.1 Å². The van der Waals surface area contributed by atoms with E-state index < -0.39 is 0 Å². The Kier molecular flexibility index (Phi) is 9.39. The van der Waals surface area contributed by atoms with E-state index in [1.54, 1.807) is 0 Å². The Balaban J connectivity index is 1.05. The van der Waals surface area contributed by atoms with Gasteiger partial charge >= 0.3 is 0 Å². The summed E-state index contributed by atoms with van der Waals surface area (Å²) < 4.78 is 1.78. The van der Waals surface area contributed by atoms with Crippen molar-refractivity contribution in [1.29, 1.82) is 0 Å². The van der Waals surface area contributed by atoms with Crippen molar-refractivity contribution >= 4 is 84.9 Å². The van der Waals surface area contributed by atoms with E-state index in [9.17, 15) is 14.4 Å². The Hall–Kier alpha value is -3.08. The first-order chi connectivity index (χ1) is 19.0. The lowest BCUT2D eigenvalue weighted by atomic mass is 9.95. The van der Waals surface area contributed by atoms with Crippen LogP contribution in [0.15, 0.2) is 65.0 Å². The smallest absolute Gasteiger partial charge is 0.234 e. The van der Waals surface area contributed by atoms with Crippen molar-refractivity contribution in [3.63, 3.8) is 0 Å². The third kappa shape index (κ3) is 7.97. The second-order valence-corrected chi connectivity index (χ2v) is 12.7. The lowest BCUT2D eigenvalue weighted by Crippen LogP contribution is -2.37. The normalized spacial score (nSPS) is 13.8. The van der Waals surface area contributed by atoms with Gasteiger partial charge in [-0.1, -0.05) is 61.4 Å². The van der Waals surface area contributed by atoms with Crippen LogP contribution in [0, 0.1) is 0 Å². The summed E-state index contributed by atoms with van der Waals surface area (Å²) in [5.41, 5.74) is 2.26. The predicted octanol–water partition coefficient (Wildman–Crippen LogP) is 6.30. The van der Waals surface area contributed by atoms with Crippen LogP contribution in [0.2, 0.25) is 0 Å². The molecular weight excluding hydrogens is 549 g/mol. The number of thiazole rings is 1. The number of anilines is 2. The molecule has 1 aliphatic carbocycles. The Morgan fingerprint density at radius 1 is 0.795 bits per heavy atom. The van der Waals surface area contributed by atoms with E-state index in [-0.39, 0.29) is 29.2 Å². The van der Waals surface area contributed by atoms with Gasteiger partial charge in [-0.2, -0.15) is 0 Å². The molecule has 0 spiro atoms. The molecule has 0 atom stereocenters. The summed E-state index contributed by atoms with van der Waals surface area (Å²) in [6.07, 6.45) is 5.79. The van der Waals surface area contributed by atoms with Gasteiger partial charge in [-0.25, -0.2) is 4.98 Å². The average molecular weight is 579 g/mol. The fourth-order valence-corrected chi connectivity index (χ4v) is 7.12. The van der Waals surface area contributed by atoms with Crippen molar-refractivity contribution in [3.05, 3.63) is 60.7 Å². The highest BCUT2D eigenvalue weighted by molar-refractivity contribution is 8.01. The topological polar surface area (TPSA) is 100 Å². The van der Waals surface area contributed by atoms with Crippen molar-refractivity contribution in [2.24, 2.45) is 0 Å². The van der Waals surface area contributed by atoms with E-state index in [1.807, 2.05) is 60.7 Å². The molecule has 0 saturated heterocycles. The van der Waals surface area contributed by atoms with Gasteiger partial charge in [0.2, 0.25) is 17.7 Å². The molecule has 1 aliphatic rings. The lowest BCUT2D eigenvalue weighted by molar-refractivity contribution is -0.119. The van der Waals surface area contributed by atoms with Crippen LogP contribution in [0.25, 0.3) is 21.0 Å². The Morgan fingerprint density at radius 2 is 1.49 bits per heavy atom. The van der Waals surface area contributed by atoms with E-state index in [0.29, 0.717) is 17.5 Å². The molecule has 0 aliphatic heterocycles. The number of hydrogen-bond donors (Lipinski definition) is 3. The zero-order chi connectivity index (χ0) is 27.0. The van der Waals surface area contributed by atoms with Crippen LogP contribution in [0.1, 0.15) is 32.1 Å². The summed E-state index contributed by atoms with van der Waals surface area (Å²) >= 11 is 4.22. The predicted molar refractivity (Wildman–Crippen MR) is 164 cm³/mol. The van der Waals surface area contributed by atoms with E-state index >= 15 is 0 Å². The van der Waals surface area contributed by atoms with E-state index in [0.717, 1.165) is 43.9 Å². The number of aromatic nitrogens is 1. The van der Waals surface area contributed by atoms with E-state index in [4.69, 9.17) is 0 Å². The third-order valence-corrected chi connectivity index (χ3v) is 9.54. The first kappa shape index (κ1) is 27.5. The maximum absolute atomic E-state index is 12.5. The van der Waals surface area contributed by atoms with Crippen molar-refractivity contribution in [3.8, 4) is 0 Å². The molecule has 1 fully saturated rings. The summed E-state index contributed by atoms with van der Waals surface area (Å²) in [5, 5.41) is 11.1. The number of benzene rings is 3. The first-order valence-electron chi connectivity index (χ1n) is 13.0. The van der Waals surface area contributed by atoms with E-state index in [1.165, 1.54) is 54.1 Å². The van der Waals surface area contributed by atoms with Crippen molar-refractivity contribution in [2.75, 3.05) is 27.9 Å². The fourth-order valence-electron chi connectivity index (χ4n) is 4.58. The SMILES string of the molecule is O=C(CSCC(=O)Nc1ccc2nc(SCC(=O)NC3CCCCC3)sc2c1)Nc1ccc2ccccc2c1. The van der Waals surface area contributed by atoms with Crippen LogP contribution >= 0.6 is 34.9 Å². The van der Waals surface area contributed by atoms with Crippen LogP contribution in [0.3, 0.4) is 0 Å². The maximum atomic E-state index is 12.5. The molecule has 0 radical (unpaired) electrons. The molecule has 1 saturated carbocycles. The summed E-state index contributed by atoms with van der Waals surface area (Å²) in [7, 11) is 0. The minimum absolute atomic E-state index is 0.0579. The molecule has 0 unspecified atom stereocenters. The van der Waals surface area contributed by atoms with Gasteiger partial charge in [0.15, 0.2) is 4.34 Å². The highest BCUT2D eigenvalue weighted by Gasteiger charge is 2.16. The summed E-state index contributed by atoms with van der Waals surface area (Å²) in [6, 6.07) is 19.7. The van der Waals surface area contributed by atoms with Gasteiger partial charge < -0.3 is 16.0 Å². The molecule has 10 heteroatoms. The highest BCUT2D eigenvalue weighted by atomic mass is 32.2. The van der Waals surface area contributed by atoms with Gasteiger partial charge in [0.1, 0.15) is 0 Å². The maximum Gasteiger partial charge on any atom is 0.234 e. The fraction of sp³-hybridized carbons (Fsp3) is 0.310. The van der Waals surface area contributed by atoms with Crippen LogP contribution in [-0.4, -0.2) is 46.0 Å².